The summed E-state index contributed by atoms with van der Waals surface area (Å²) in [5, 5.41) is 7.54. The molecule has 0 saturated carbocycles. The van der Waals surface area contributed by atoms with Gasteiger partial charge in [0.05, 0.1) is 6.20 Å². The van der Waals surface area contributed by atoms with Crippen LogP contribution in [0.1, 0.15) is 37.4 Å². The molecule has 14 heavy (non-hydrogen) atoms. The zero-order valence-corrected chi connectivity index (χ0v) is 9.67. The van der Waals surface area contributed by atoms with Crippen LogP contribution in [-0.4, -0.2) is 23.4 Å². The summed E-state index contributed by atoms with van der Waals surface area (Å²) in [6, 6.07) is 0. The lowest BCUT2D eigenvalue weighted by Gasteiger charge is -2.06. The van der Waals surface area contributed by atoms with Crippen molar-refractivity contribution in [1.82, 2.24) is 15.1 Å². The highest BCUT2D eigenvalue weighted by Gasteiger charge is 2.08. The summed E-state index contributed by atoms with van der Waals surface area (Å²) in [4.78, 5) is 0. The predicted molar refractivity (Wildman–Crippen MR) is 59.6 cm³/mol. The molecule has 1 aromatic rings. The molecule has 1 aromatic heterocycles. The Hall–Kier alpha value is -0.830. The van der Waals surface area contributed by atoms with Crippen LogP contribution in [-0.2, 0) is 6.54 Å². The van der Waals surface area contributed by atoms with Crippen LogP contribution in [0.4, 0.5) is 0 Å². The van der Waals surface area contributed by atoms with E-state index >= 15 is 0 Å². The van der Waals surface area contributed by atoms with Gasteiger partial charge in [-0.05, 0) is 38.4 Å². The second kappa shape index (κ2) is 5.15. The summed E-state index contributed by atoms with van der Waals surface area (Å²) in [6.07, 6.45) is 3.13. The van der Waals surface area contributed by atoms with Crippen molar-refractivity contribution in [3.8, 4) is 0 Å². The first-order chi connectivity index (χ1) is 6.66. The molecule has 0 radical (unpaired) electrons. The number of hydrogen-bond acceptors (Lipinski definition) is 2. The van der Waals surface area contributed by atoms with Crippen LogP contribution in [0.25, 0.3) is 0 Å². The lowest BCUT2D eigenvalue weighted by Crippen LogP contribution is -2.12. The van der Waals surface area contributed by atoms with E-state index in [9.17, 15) is 0 Å². The van der Waals surface area contributed by atoms with Gasteiger partial charge in [0.15, 0.2) is 0 Å². The van der Waals surface area contributed by atoms with Gasteiger partial charge in [0.1, 0.15) is 0 Å². The zero-order chi connectivity index (χ0) is 10.6. The minimum atomic E-state index is 0.577. The van der Waals surface area contributed by atoms with Gasteiger partial charge in [0, 0.05) is 12.2 Å². The van der Waals surface area contributed by atoms with E-state index in [0.717, 1.165) is 19.5 Å². The topological polar surface area (TPSA) is 29.9 Å². The molecule has 0 bridgehead atoms. The van der Waals surface area contributed by atoms with E-state index in [1.165, 1.54) is 11.3 Å². The first-order valence-corrected chi connectivity index (χ1v) is 5.33. The third-order valence-electron chi connectivity index (χ3n) is 2.56. The number of aromatic nitrogens is 2. The lowest BCUT2D eigenvalue weighted by atomic mass is 10.1. The SMILES string of the molecule is CNCCCn1ncc(C(C)C)c1C. The van der Waals surface area contributed by atoms with Crippen LogP contribution in [0, 0.1) is 6.92 Å². The summed E-state index contributed by atoms with van der Waals surface area (Å²) in [7, 11) is 1.98. The fraction of sp³-hybridized carbons (Fsp3) is 0.727. The van der Waals surface area contributed by atoms with Gasteiger partial charge in [0.2, 0.25) is 0 Å². The third kappa shape index (κ3) is 2.58. The molecule has 0 aliphatic heterocycles. The highest BCUT2D eigenvalue weighted by Crippen LogP contribution is 2.17. The largest absolute Gasteiger partial charge is 0.320 e. The molecule has 0 spiro atoms. The molecule has 1 heterocycles. The molecule has 1 rings (SSSR count). The second-order valence-electron chi connectivity index (χ2n) is 4.02. The van der Waals surface area contributed by atoms with Gasteiger partial charge in [-0.15, -0.1) is 0 Å². The van der Waals surface area contributed by atoms with Crippen LogP contribution >= 0.6 is 0 Å². The molecule has 0 aliphatic carbocycles. The summed E-state index contributed by atoms with van der Waals surface area (Å²) >= 11 is 0. The number of nitrogens with zero attached hydrogens (tertiary/aromatic N) is 2. The minimum Gasteiger partial charge on any atom is -0.320 e. The molecular formula is C11H21N3. The first kappa shape index (κ1) is 11.2. The van der Waals surface area contributed by atoms with Crippen LogP contribution < -0.4 is 5.32 Å². The Balaban J connectivity index is 2.60. The quantitative estimate of drug-likeness (QED) is 0.727. The molecule has 0 aromatic carbocycles. The second-order valence-corrected chi connectivity index (χ2v) is 4.02. The van der Waals surface area contributed by atoms with Gasteiger partial charge < -0.3 is 5.32 Å². The molecule has 0 saturated heterocycles. The van der Waals surface area contributed by atoms with Crippen LogP contribution in [0.5, 0.6) is 0 Å². The van der Waals surface area contributed by atoms with Crippen molar-refractivity contribution in [2.45, 2.75) is 39.7 Å². The van der Waals surface area contributed by atoms with Crippen LogP contribution in [0.3, 0.4) is 0 Å². The number of rotatable bonds is 5. The maximum absolute atomic E-state index is 4.40. The molecular weight excluding hydrogens is 174 g/mol. The highest BCUT2D eigenvalue weighted by molar-refractivity contribution is 5.19. The molecule has 3 nitrogen and oxygen atoms in total. The van der Waals surface area contributed by atoms with E-state index < -0.39 is 0 Å². The number of nitrogens with one attached hydrogen (secondary N) is 1. The van der Waals surface area contributed by atoms with Gasteiger partial charge >= 0.3 is 0 Å². The van der Waals surface area contributed by atoms with Gasteiger partial charge in [-0.3, -0.25) is 4.68 Å². The molecule has 0 amide bonds. The Morgan fingerprint density at radius 1 is 1.50 bits per heavy atom. The molecule has 80 valence electrons. The van der Waals surface area contributed by atoms with E-state index in [4.69, 9.17) is 0 Å². The fourth-order valence-electron chi connectivity index (χ4n) is 1.66. The monoisotopic (exact) mass is 195 g/mol. The normalized spacial score (nSPS) is 11.2. The average Bonchev–Trinajstić information content (AvgIpc) is 2.48. The van der Waals surface area contributed by atoms with Crippen molar-refractivity contribution >= 4 is 0 Å². The number of hydrogen-bond donors (Lipinski definition) is 1. The van der Waals surface area contributed by atoms with E-state index in [2.05, 4.69) is 35.9 Å². The van der Waals surface area contributed by atoms with Crippen LogP contribution in [0.2, 0.25) is 0 Å². The molecule has 0 unspecified atom stereocenters. The highest BCUT2D eigenvalue weighted by atomic mass is 15.3. The fourth-order valence-corrected chi connectivity index (χ4v) is 1.66. The van der Waals surface area contributed by atoms with E-state index in [0.29, 0.717) is 5.92 Å². The van der Waals surface area contributed by atoms with Crippen molar-refractivity contribution in [3.05, 3.63) is 17.5 Å². The third-order valence-corrected chi connectivity index (χ3v) is 2.56. The van der Waals surface area contributed by atoms with Crippen molar-refractivity contribution in [2.75, 3.05) is 13.6 Å². The van der Waals surface area contributed by atoms with Gasteiger partial charge in [-0.25, -0.2) is 0 Å². The minimum absolute atomic E-state index is 0.577. The van der Waals surface area contributed by atoms with Crippen molar-refractivity contribution in [1.29, 1.82) is 0 Å². The lowest BCUT2D eigenvalue weighted by molar-refractivity contribution is 0.549. The predicted octanol–water partition coefficient (Wildman–Crippen LogP) is 1.92. The Morgan fingerprint density at radius 2 is 2.21 bits per heavy atom. The van der Waals surface area contributed by atoms with Crippen molar-refractivity contribution in [2.24, 2.45) is 0 Å². The van der Waals surface area contributed by atoms with E-state index in [1.807, 2.05) is 13.2 Å². The van der Waals surface area contributed by atoms with E-state index in [-0.39, 0.29) is 0 Å². The van der Waals surface area contributed by atoms with Gasteiger partial charge in [-0.2, -0.15) is 5.10 Å². The average molecular weight is 195 g/mol. The molecule has 1 N–H and O–H groups in total. The summed E-state index contributed by atoms with van der Waals surface area (Å²) in [6.45, 7) is 8.64. The molecule has 0 fully saturated rings. The maximum Gasteiger partial charge on any atom is 0.0527 e. The van der Waals surface area contributed by atoms with Crippen molar-refractivity contribution < 1.29 is 0 Å². The maximum atomic E-state index is 4.40. The van der Waals surface area contributed by atoms with E-state index in [1.54, 1.807) is 0 Å². The van der Waals surface area contributed by atoms with Gasteiger partial charge in [-0.1, -0.05) is 13.8 Å². The Labute approximate surface area is 86.5 Å². The van der Waals surface area contributed by atoms with Gasteiger partial charge in [0.25, 0.3) is 0 Å². The van der Waals surface area contributed by atoms with Crippen LogP contribution in [0.15, 0.2) is 6.20 Å². The smallest absolute Gasteiger partial charge is 0.0527 e. The standard InChI is InChI=1S/C11H21N3/c1-9(2)11-8-13-14(10(11)3)7-5-6-12-4/h8-9,12H,5-7H2,1-4H3. The summed E-state index contributed by atoms with van der Waals surface area (Å²) < 4.78 is 2.10. The molecule has 0 aliphatic rings. The number of aryl methyl sites for hydroxylation is 1. The Kier molecular flexibility index (Phi) is 4.14. The van der Waals surface area contributed by atoms with Crippen molar-refractivity contribution in [3.63, 3.8) is 0 Å². The molecule has 3 heteroatoms. The summed E-state index contributed by atoms with van der Waals surface area (Å²) in [5.41, 5.74) is 2.69. The molecule has 0 atom stereocenters. The Bertz CT molecular complexity index is 276. The zero-order valence-electron chi connectivity index (χ0n) is 9.67. The first-order valence-electron chi connectivity index (χ1n) is 5.33. The Morgan fingerprint density at radius 3 is 2.71 bits per heavy atom. The summed E-state index contributed by atoms with van der Waals surface area (Å²) in [5.74, 6) is 0.577.